The minimum Gasteiger partial charge on any atom is -0.367 e. The van der Waals surface area contributed by atoms with E-state index in [0.29, 0.717) is 18.0 Å². The molecule has 2 rings (SSSR count). The van der Waals surface area contributed by atoms with Crippen molar-refractivity contribution in [1.29, 1.82) is 0 Å². The predicted octanol–water partition coefficient (Wildman–Crippen LogP) is 2.65. The van der Waals surface area contributed by atoms with Gasteiger partial charge in [-0.3, -0.25) is 0 Å². The molecule has 0 amide bonds. The van der Waals surface area contributed by atoms with Gasteiger partial charge >= 0.3 is 0 Å². The number of nitrogens with one attached hydrogen (secondary N) is 1. The van der Waals surface area contributed by atoms with Crippen molar-refractivity contribution in [3.05, 3.63) is 35.4 Å². The lowest BCUT2D eigenvalue weighted by molar-refractivity contribution is -0.0617. The smallest absolute Gasteiger partial charge is 0.129 e. The van der Waals surface area contributed by atoms with Gasteiger partial charge in [-0.15, -0.1) is 0 Å². The number of ether oxygens (including phenoxy) is 1. The normalized spacial score (nSPS) is 25.2. The lowest BCUT2D eigenvalue weighted by Crippen LogP contribution is -2.43. The summed E-state index contributed by atoms with van der Waals surface area (Å²) in [6, 6.07) is 3.48. The standard InChI is InChI=1S/C13H17F2NO/c1-8(2)12-6-16-7-13(17-12)10-5-9(14)3-4-11(10)15/h3-5,8,12-13,16H,6-7H2,1-2H3. The number of rotatable bonds is 2. The van der Waals surface area contributed by atoms with Gasteiger partial charge in [0.1, 0.15) is 11.6 Å². The first-order valence-corrected chi connectivity index (χ1v) is 5.89. The predicted molar refractivity (Wildman–Crippen MR) is 61.7 cm³/mol. The Bertz CT molecular complexity index is 395. The van der Waals surface area contributed by atoms with Crippen molar-refractivity contribution in [2.75, 3.05) is 13.1 Å². The zero-order chi connectivity index (χ0) is 12.4. The maximum atomic E-state index is 13.6. The number of hydrogen-bond donors (Lipinski definition) is 1. The van der Waals surface area contributed by atoms with Crippen molar-refractivity contribution in [2.24, 2.45) is 5.92 Å². The van der Waals surface area contributed by atoms with Crippen LogP contribution in [0, 0.1) is 17.6 Å². The molecule has 1 aromatic rings. The van der Waals surface area contributed by atoms with Crippen LogP contribution in [0.25, 0.3) is 0 Å². The molecule has 0 aromatic heterocycles. The molecule has 0 radical (unpaired) electrons. The monoisotopic (exact) mass is 241 g/mol. The number of hydrogen-bond acceptors (Lipinski definition) is 2. The summed E-state index contributed by atoms with van der Waals surface area (Å²) in [5.74, 6) is -0.499. The van der Waals surface area contributed by atoms with Gasteiger partial charge in [0.25, 0.3) is 0 Å². The van der Waals surface area contributed by atoms with Crippen LogP contribution in [0.2, 0.25) is 0 Å². The Morgan fingerprint density at radius 2 is 2.06 bits per heavy atom. The fourth-order valence-corrected chi connectivity index (χ4v) is 2.00. The van der Waals surface area contributed by atoms with E-state index in [9.17, 15) is 8.78 Å². The fourth-order valence-electron chi connectivity index (χ4n) is 2.00. The van der Waals surface area contributed by atoms with Gasteiger partial charge in [0.2, 0.25) is 0 Å². The van der Waals surface area contributed by atoms with Crippen LogP contribution in [-0.2, 0) is 4.74 Å². The minimum absolute atomic E-state index is 0.0383. The van der Waals surface area contributed by atoms with Crippen molar-refractivity contribution in [2.45, 2.75) is 26.1 Å². The summed E-state index contributed by atoms with van der Waals surface area (Å²) in [6.07, 6.45) is -0.372. The Morgan fingerprint density at radius 3 is 2.76 bits per heavy atom. The van der Waals surface area contributed by atoms with Gasteiger partial charge in [-0.1, -0.05) is 13.8 Å². The van der Waals surface area contributed by atoms with Gasteiger partial charge in [-0.05, 0) is 24.1 Å². The molecule has 1 aliphatic heterocycles. The summed E-state index contributed by atoms with van der Waals surface area (Å²) >= 11 is 0. The summed E-state index contributed by atoms with van der Waals surface area (Å²) in [5.41, 5.74) is 0.294. The third-order valence-corrected chi connectivity index (χ3v) is 3.06. The van der Waals surface area contributed by atoms with Crippen LogP contribution in [0.5, 0.6) is 0 Å². The van der Waals surface area contributed by atoms with E-state index in [0.717, 1.165) is 18.7 Å². The molecule has 0 aliphatic carbocycles. The summed E-state index contributed by atoms with van der Waals surface area (Å²) in [6.45, 7) is 5.38. The number of benzene rings is 1. The largest absolute Gasteiger partial charge is 0.367 e. The molecule has 1 fully saturated rings. The van der Waals surface area contributed by atoms with Crippen LogP contribution in [0.15, 0.2) is 18.2 Å². The minimum atomic E-state index is -0.434. The van der Waals surface area contributed by atoms with Gasteiger partial charge in [-0.25, -0.2) is 8.78 Å². The Labute approximate surface area is 100.0 Å². The van der Waals surface area contributed by atoms with E-state index in [1.165, 1.54) is 6.07 Å². The molecule has 0 spiro atoms. The molecular formula is C13H17F2NO. The number of halogens is 2. The first kappa shape index (κ1) is 12.5. The van der Waals surface area contributed by atoms with Gasteiger partial charge in [0, 0.05) is 18.7 Å². The van der Waals surface area contributed by atoms with Gasteiger partial charge < -0.3 is 10.1 Å². The summed E-state index contributed by atoms with van der Waals surface area (Å²) in [4.78, 5) is 0. The van der Waals surface area contributed by atoms with E-state index in [1.807, 2.05) is 0 Å². The molecule has 1 N–H and O–H groups in total. The van der Waals surface area contributed by atoms with E-state index < -0.39 is 17.7 Å². The van der Waals surface area contributed by atoms with Gasteiger partial charge in [0.05, 0.1) is 12.2 Å². The van der Waals surface area contributed by atoms with Crippen LogP contribution < -0.4 is 5.32 Å². The second kappa shape index (κ2) is 5.10. The molecule has 2 unspecified atom stereocenters. The SMILES string of the molecule is CC(C)C1CNCC(c2cc(F)ccc2F)O1. The van der Waals surface area contributed by atoms with E-state index >= 15 is 0 Å². The molecule has 94 valence electrons. The third kappa shape index (κ3) is 2.82. The van der Waals surface area contributed by atoms with E-state index in [4.69, 9.17) is 4.74 Å². The third-order valence-electron chi connectivity index (χ3n) is 3.06. The average molecular weight is 241 g/mol. The van der Waals surface area contributed by atoms with Crippen LogP contribution in [-0.4, -0.2) is 19.2 Å². The highest BCUT2D eigenvalue weighted by atomic mass is 19.1. The molecule has 17 heavy (non-hydrogen) atoms. The van der Waals surface area contributed by atoms with E-state index in [2.05, 4.69) is 19.2 Å². The molecule has 1 aromatic carbocycles. The summed E-state index contributed by atoms with van der Waals surface area (Å²) < 4.78 is 32.5. The quantitative estimate of drug-likeness (QED) is 0.859. The zero-order valence-corrected chi connectivity index (χ0v) is 10.0. The summed E-state index contributed by atoms with van der Waals surface area (Å²) in [7, 11) is 0. The molecule has 1 aliphatic rings. The van der Waals surface area contributed by atoms with Crippen LogP contribution in [0.1, 0.15) is 25.5 Å². The Morgan fingerprint density at radius 1 is 1.29 bits per heavy atom. The molecule has 4 heteroatoms. The lowest BCUT2D eigenvalue weighted by Gasteiger charge is -2.33. The summed E-state index contributed by atoms with van der Waals surface area (Å²) in [5, 5.41) is 3.20. The Kier molecular flexibility index (Phi) is 3.74. The maximum Gasteiger partial charge on any atom is 0.129 e. The zero-order valence-electron chi connectivity index (χ0n) is 10.0. The lowest BCUT2D eigenvalue weighted by atomic mass is 10.0. The van der Waals surface area contributed by atoms with Crippen molar-refractivity contribution < 1.29 is 13.5 Å². The molecule has 2 nitrogen and oxygen atoms in total. The Balaban J connectivity index is 2.18. The topological polar surface area (TPSA) is 21.3 Å². The highest BCUT2D eigenvalue weighted by molar-refractivity contribution is 5.22. The van der Waals surface area contributed by atoms with Crippen molar-refractivity contribution in [3.63, 3.8) is 0 Å². The molecule has 2 atom stereocenters. The van der Waals surface area contributed by atoms with Crippen molar-refractivity contribution in [1.82, 2.24) is 5.32 Å². The average Bonchev–Trinajstić information content (AvgIpc) is 2.32. The van der Waals surface area contributed by atoms with Crippen molar-refractivity contribution in [3.8, 4) is 0 Å². The maximum absolute atomic E-state index is 13.6. The number of morpholine rings is 1. The van der Waals surface area contributed by atoms with E-state index in [-0.39, 0.29) is 6.10 Å². The van der Waals surface area contributed by atoms with Crippen LogP contribution in [0.3, 0.4) is 0 Å². The highest BCUT2D eigenvalue weighted by Crippen LogP contribution is 2.26. The van der Waals surface area contributed by atoms with E-state index in [1.54, 1.807) is 0 Å². The fraction of sp³-hybridized carbons (Fsp3) is 0.538. The molecular weight excluding hydrogens is 224 g/mol. The van der Waals surface area contributed by atoms with Crippen LogP contribution in [0.4, 0.5) is 8.78 Å². The first-order valence-electron chi connectivity index (χ1n) is 5.89. The highest BCUT2D eigenvalue weighted by Gasteiger charge is 2.27. The second-order valence-electron chi connectivity index (χ2n) is 4.73. The van der Waals surface area contributed by atoms with Gasteiger partial charge in [-0.2, -0.15) is 0 Å². The Hall–Kier alpha value is -1.00. The first-order chi connectivity index (χ1) is 8.08. The molecule has 0 bridgehead atoms. The molecule has 1 heterocycles. The second-order valence-corrected chi connectivity index (χ2v) is 4.73. The molecule has 0 saturated carbocycles. The van der Waals surface area contributed by atoms with Crippen LogP contribution >= 0.6 is 0 Å². The van der Waals surface area contributed by atoms with Crippen molar-refractivity contribution >= 4 is 0 Å². The molecule has 1 saturated heterocycles. The van der Waals surface area contributed by atoms with Gasteiger partial charge in [0.15, 0.2) is 0 Å².